The van der Waals surface area contributed by atoms with Crippen LogP contribution >= 0.6 is 11.6 Å². The molecule has 2 N–H and O–H groups in total. The van der Waals surface area contributed by atoms with Gasteiger partial charge >= 0.3 is 0 Å². The Morgan fingerprint density at radius 3 is 2.47 bits per heavy atom. The van der Waals surface area contributed by atoms with E-state index < -0.39 is 18.0 Å². The summed E-state index contributed by atoms with van der Waals surface area (Å²) in [5.74, 6) is -0.466. The fraction of sp³-hybridized carbons (Fsp3) is 0.458. The minimum atomic E-state index is -1.16. The quantitative estimate of drug-likeness (QED) is 0.700. The van der Waals surface area contributed by atoms with Crippen molar-refractivity contribution in [3.8, 4) is 0 Å². The number of hydrogen-bond acceptors (Lipinski definition) is 3. The van der Waals surface area contributed by atoms with Crippen LogP contribution in [0.2, 0.25) is 5.02 Å². The number of benzene rings is 2. The van der Waals surface area contributed by atoms with Crippen molar-refractivity contribution in [2.24, 2.45) is 5.92 Å². The van der Waals surface area contributed by atoms with Gasteiger partial charge < -0.3 is 15.3 Å². The van der Waals surface area contributed by atoms with Gasteiger partial charge in [-0.15, -0.1) is 0 Å². The Kier molecular flexibility index (Phi) is 6.71. The predicted octanol–water partition coefficient (Wildman–Crippen LogP) is 3.90. The van der Waals surface area contributed by atoms with Crippen LogP contribution in [0.25, 0.3) is 0 Å². The number of aliphatic hydroxyl groups excluding tert-OH is 1. The molecule has 6 heteroatoms. The fourth-order valence-corrected chi connectivity index (χ4v) is 4.94. The van der Waals surface area contributed by atoms with Crippen LogP contribution in [0.4, 0.5) is 4.39 Å². The Hall–Kier alpha value is -1.95. The summed E-state index contributed by atoms with van der Waals surface area (Å²) in [7, 11) is 0. The van der Waals surface area contributed by atoms with E-state index >= 15 is 0 Å². The maximum absolute atomic E-state index is 14.5. The highest BCUT2D eigenvalue weighted by atomic mass is 35.5. The molecule has 30 heavy (non-hydrogen) atoms. The summed E-state index contributed by atoms with van der Waals surface area (Å²) >= 11 is 5.91. The molecule has 4 nitrogen and oxygen atoms in total. The molecule has 2 atom stereocenters. The van der Waals surface area contributed by atoms with Crippen LogP contribution in [0.15, 0.2) is 42.5 Å². The van der Waals surface area contributed by atoms with Crippen molar-refractivity contribution in [2.45, 2.75) is 44.2 Å². The molecule has 2 aliphatic rings. The van der Waals surface area contributed by atoms with Crippen LogP contribution in [-0.2, 0) is 17.6 Å². The molecular weight excluding hydrogens is 403 g/mol. The Morgan fingerprint density at radius 2 is 1.80 bits per heavy atom. The third-order valence-electron chi connectivity index (χ3n) is 6.29. The van der Waals surface area contributed by atoms with Crippen LogP contribution in [0, 0.1) is 11.7 Å². The van der Waals surface area contributed by atoms with Crippen molar-refractivity contribution in [1.29, 1.82) is 0 Å². The molecule has 1 aliphatic carbocycles. The maximum atomic E-state index is 14.5. The predicted molar refractivity (Wildman–Crippen MR) is 116 cm³/mol. The topological polar surface area (TPSA) is 52.6 Å². The van der Waals surface area contributed by atoms with Crippen molar-refractivity contribution in [3.63, 3.8) is 0 Å². The number of nitrogens with zero attached hydrogens (tertiary/aromatic N) is 1. The second-order valence-electron chi connectivity index (χ2n) is 8.52. The molecule has 160 valence electrons. The van der Waals surface area contributed by atoms with Gasteiger partial charge in [0.25, 0.3) is 0 Å². The molecular formula is C24H28ClFN2O2. The lowest BCUT2D eigenvalue weighted by molar-refractivity contribution is -0.123. The van der Waals surface area contributed by atoms with E-state index in [0.717, 1.165) is 38.8 Å². The van der Waals surface area contributed by atoms with Crippen molar-refractivity contribution >= 4 is 17.5 Å². The Labute approximate surface area is 182 Å². The second kappa shape index (κ2) is 9.46. The molecule has 0 unspecified atom stereocenters. The summed E-state index contributed by atoms with van der Waals surface area (Å²) in [6, 6.07) is 12.3. The van der Waals surface area contributed by atoms with Crippen molar-refractivity contribution in [1.82, 2.24) is 10.2 Å². The number of nitrogens with one attached hydrogen (secondary N) is 1. The van der Waals surface area contributed by atoms with E-state index in [-0.39, 0.29) is 22.4 Å². The van der Waals surface area contributed by atoms with E-state index in [1.165, 1.54) is 23.3 Å². The third-order valence-corrected chi connectivity index (χ3v) is 6.58. The van der Waals surface area contributed by atoms with Crippen LogP contribution in [0.3, 0.4) is 0 Å². The van der Waals surface area contributed by atoms with Crippen molar-refractivity contribution in [3.05, 3.63) is 70.0 Å². The normalized spacial score (nSPS) is 18.9. The number of rotatable bonds is 7. The van der Waals surface area contributed by atoms with Gasteiger partial charge in [-0.3, -0.25) is 4.79 Å². The second-order valence-corrected chi connectivity index (χ2v) is 8.92. The standard InChI is InChI=1S/C24H28ClFN2O2/c25-20-9-5-8-19(23(20)26)24(30)21(15-28-10-3-4-11-28)27-22(29)14-16-12-17-6-1-2-7-18(17)13-16/h1-2,5-9,16,21,24,30H,3-4,10-15H2,(H,27,29)/t21-,24-/m1/s1. The monoisotopic (exact) mass is 430 g/mol. The summed E-state index contributed by atoms with van der Waals surface area (Å²) in [5, 5.41) is 13.9. The molecule has 0 bridgehead atoms. The zero-order valence-corrected chi connectivity index (χ0v) is 17.7. The van der Waals surface area contributed by atoms with Gasteiger partial charge in [0, 0.05) is 18.5 Å². The number of halogens is 2. The lowest BCUT2D eigenvalue weighted by Crippen LogP contribution is -2.47. The number of hydrogen-bond donors (Lipinski definition) is 2. The first kappa shape index (κ1) is 21.3. The lowest BCUT2D eigenvalue weighted by Gasteiger charge is -2.29. The summed E-state index contributed by atoms with van der Waals surface area (Å²) in [6.45, 7) is 2.34. The number of amides is 1. The van der Waals surface area contributed by atoms with Gasteiger partial charge in [-0.1, -0.05) is 48.0 Å². The highest BCUT2D eigenvalue weighted by molar-refractivity contribution is 6.30. The van der Waals surface area contributed by atoms with E-state index in [0.29, 0.717) is 13.0 Å². The fourth-order valence-electron chi connectivity index (χ4n) is 4.76. The molecule has 1 fully saturated rings. The van der Waals surface area contributed by atoms with Crippen LogP contribution in [0.5, 0.6) is 0 Å². The largest absolute Gasteiger partial charge is 0.386 e. The van der Waals surface area contributed by atoms with Gasteiger partial charge in [0.1, 0.15) is 11.9 Å². The zero-order chi connectivity index (χ0) is 21.1. The Balaban J connectivity index is 1.44. The molecule has 1 aliphatic heterocycles. The first-order chi connectivity index (χ1) is 14.5. The maximum Gasteiger partial charge on any atom is 0.220 e. The molecule has 1 heterocycles. The number of aliphatic hydroxyl groups is 1. The summed E-state index contributed by atoms with van der Waals surface area (Å²) in [5.41, 5.74) is 2.75. The highest BCUT2D eigenvalue weighted by Gasteiger charge is 2.30. The average Bonchev–Trinajstić information content (AvgIpc) is 3.38. The van der Waals surface area contributed by atoms with Gasteiger partial charge in [-0.25, -0.2) is 4.39 Å². The van der Waals surface area contributed by atoms with Crippen LogP contribution in [0.1, 0.15) is 42.1 Å². The molecule has 0 aromatic heterocycles. The third kappa shape index (κ3) is 4.85. The molecule has 2 aromatic carbocycles. The molecule has 1 saturated heterocycles. The van der Waals surface area contributed by atoms with Gasteiger partial charge in [-0.2, -0.15) is 0 Å². The van der Waals surface area contributed by atoms with E-state index in [4.69, 9.17) is 11.6 Å². The number of likely N-dealkylation sites (tertiary alicyclic amines) is 1. The first-order valence-corrected chi connectivity index (χ1v) is 11.1. The zero-order valence-electron chi connectivity index (χ0n) is 17.0. The van der Waals surface area contributed by atoms with E-state index in [1.54, 1.807) is 6.07 Å². The number of carbonyl (C=O) groups is 1. The molecule has 0 saturated carbocycles. The Morgan fingerprint density at radius 1 is 1.13 bits per heavy atom. The minimum Gasteiger partial charge on any atom is -0.386 e. The Bertz CT molecular complexity index is 876. The van der Waals surface area contributed by atoms with Crippen LogP contribution < -0.4 is 5.32 Å². The van der Waals surface area contributed by atoms with Gasteiger partial charge in [-0.05, 0) is 61.9 Å². The van der Waals surface area contributed by atoms with E-state index in [1.807, 2.05) is 12.1 Å². The van der Waals surface area contributed by atoms with Crippen LogP contribution in [-0.4, -0.2) is 41.6 Å². The number of fused-ring (bicyclic) bond motifs is 1. The molecule has 2 aromatic rings. The molecule has 0 radical (unpaired) electrons. The molecule has 0 spiro atoms. The van der Waals surface area contributed by atoms with Gasteiger partial charge in [0.2, 0.25) is 5.91 Å². The van der Waals surface area contributed by atoms with Crippen molar-refractivity contribution < 1.29 is 14.3 Å². The number of carbonyl (C=O) groups excluding carboxylic acids is 1. The summed E-state index contributed by atoms with van der Waals surface area (Å²) < 4.78 is 14.5. The lowest BCUT2D eigenvalue weighted by atomic mass is 9.98. The minimum absolute atomic E-state index is 0.0264. The van der Waals surface area contributed by atoms with Crippen molar-refractivity contribution in [2.75, 3.05) is 19.6 Å². The smallest absolute Gasteiger partial charge is 0.220 e. The molecule has 1 amide bonds. The molecule has 4 rings (SSSR count). The summed E-state index contributed by atoms with van der Waals surface area (Å²) in [4.78, 5) is 15.1. The first-order valence-electron chi connectivity index (χ1n) is 10.7. The SMILES string of the molecule is O=C(CC1Cc2ccccc2C1)N[C@H](CN1CCCC1)[C@H](O)c1cccc(Cl)c1F. The highest BCUT2D eigenvalue weighted by Crippen LogP contribution is 2.29. The average molecular weight is 431 g/mol. The summed E-state index contributed by atoms with van der Waals surface area (Å²) in [6.07, 6.45) is 3.23. The van der Waals surface area contributed by atoms with E-state index in [2.05, 4.69) is 22.3 Å². The van der Waals surface area contributed by atoms with Gasteiger partial charge in [0.05, 0.1) is 11.1 Å². The van der Waals surface area contributed by atoms with Gasteiger partial charge in [0.15, 0.2) is 0 Å². The van der Waals surface area contributed by atoms with E-state index in [9.17, 15) is 14.3 Å².